The van der Waals surface area contributed by atoms with Gasteiger partial charge in [-0.2, -0.15) is 0 Å². The molecule has 0 spiro atoms. The van der Waals surface area contributed by atoms with Gasteiger partial charge in [-0.15, -0.1) is 0 Å². The number of methoxy groups -OCH3 is 1. The molecule has 132 valence electrons. The number of urea groups is 1. The normalized spacial score (nSPS) is 15.3. The van der Waals surface area contributed by atoms with Gasteiger partial charge in [-0.05, 0) is 35.9 Å². The number of ether oxygens (including phenoxy) is 1. The minimum atomic E-state index is -0.656. The Kier molecular flexibility index (Phi) is 5.38. The fourth-order valence-electron chi connectivity index (χ4n) is 2.33. The van der Waals surface area contributed by atoms with Gasteiger partial charge in [0.25, 0.3) is 5.91 Å². The topological polar surface area (TPSA) is 75.7 Å². The summed E-state index contributed by atoms with van der Waals surface area (Å²) in [6.45, 7) is -0.412. The first-order valence-corrected chi connectivity index (χ1v) is 8.63. The highest BCUT2D eigenvalue weighted by Gasteiger charge is 2.35. The van der Waals surface area contributed by atoms with E-state index >= 15 is 0 Å². The minimum absolute atomic E-state index is 0.127. The van der Waals surface area contributed by atoms with Gasteiger partial charge in [0.1, 0.15) is 12.2 Å². The first-order valence-electron chi connectivity index (χ1n) is 7.81. The average Bonchev–Trinajstić information content (AvgIpc) is 2.91. The number of esters is 1. The molecular formula is C19H16N2O4S. The Morgan fingerprint density at radius 2 is 1.73 bits per heavy atom. The van der Waals surface area contributed by atoms with Gasteiger partial charge in [0.15, 0.2) is 0 Å². The molecule has 0 aliphatic carbocycles. The van der Waals surface area contributed by atoms with Crippen LogP contribution in [0.15, 0.2) is 70.1 Å². The van der Waals surface area contributed by atoms with Crippen molar-refractivity contribution in [2.24, 2.45) is 0 Å². The highest BCUT2D eigenvalue weighted by molar-refractivity contribution is 7.99. The number of benzene rings is 2. The minimum Gasteiger partial charge on any atom is -0.468 e. The lowest BCUT2D eigenvalue weighted by molar-refractivity contribution is -0.143. The molecule has 1 aliphatic heterocycles. The maximum Gasteiger partial charge on any atom is 0.329 e. The van der Waals surface area contributed by atoms with Crippen LogP contribution in [0.5, 0.6) is 0 Å². The summed E-state index contributed by atoms with van der Waals surface area (Å²) in [6, 6.07) is 17.0. The zero-order valence-electron chi connectivity index (χ0n) is 14.0. The van der Waals surface area contributed by atoms with Crippen LogP contribution in [0.3, 0.4) is 0 Å². The Hall–Kier alpha value is -3.06. The number of hydrogen-bond acceptors (Lipinski definition) is 5. The Bertz CT molecular complexity index is 863. The highest BCUT2D eigenvalue weighted by atomic mass is 32.2. The standard InChI is InChI=1S/C19H16N2O4S/c1-25-17(22)12-21-18(23)16(20-19(21)24)11-13-7-9-15(10-8-13)26-14-5-3-2-4-6-14/h2-11H,12H2,1H3,(H,20,24)/b16-11+. The summed E-state index contributed by atoms with van der Waals surface area (Å²) in [5.41, 5.74) is 0.897. The summed E-state index contributed by atoms with van der Waals surface area (Å²) in [4.78, 5) is 38.4. The molecule has 2 aromatic carbocycles. The van der Waals surface area contributed by atoms with Crippen molar-refractivity contribution in [3.63, 3.8) is 0 Å². The SMILES string of the molecule is COC(=O)CN1C(=O)N/C(=C/c2ccc(Sc3ccccc3)cc2)C1=O. The van der Waals surface area contributed by atoms with E-state index in [4.69, 9.17) is 0 Å². The second kappa shape index (κ2) is 7.88. The number of hydrogen-bond donors (Lipinski definition) is 1. The second-order valence-corrected chi connectivity index (χ2v) is 6.59. The van der Waals surface area contributed by atoms with Crippen LogP contribution in [0.1, 0.15) is 5.56 Å². The third-order valence-electron chi connectivity index (χ3n) is 3.65. The fourth-order valence-corrected chi connectivity index (χ4v) is 3.17. The number of nitrogens with zero attached hydrogens (tertiary/aromatic N) is 1. The largest absolute Gasteiger partial charge is 0.468 e. The molecule has 1 saturated heterocycles. The highest BCUT2D eigenvalue weighted by Crippen LogP contribution is 2.27. The molecule has 1 aliphatic rings. The van der Waals surface area contributed by atoms with E-state index in [1.807, 2.05) is 54.6 Å². The van der Waals surface area contributed by atoms with Crippen molar-refractivity contribution in [1.29, 1.82) is 0 Å². The van der Waals surface area contributed by atoms with Crippen LogP contribution in [0.2, 0.25) is 0 Å². The quantitative estimate of drug-likeness (QED) is 0.499. The summed E-state index contributed by atoms with van der Waals surface area (Å²) in [5, 5.41) is 2.47. The lowest BCUT2D eigenvalue weighted by atomic mass is 10.2. The molecule has 3 rings (SSSR count). The van der Waals surface area contributed by atoms with Gasteiger partial charge < -0.3 is 10.1 Å². The predicted molar refractivity (Wildman–Crippen MR) is 97.2 cm³/mol. The molecule has 1 N–H and O–H groups in total. The summed E-state index contributed by atoms with van der Waals surface area (Å²) < 4.78 is 4.49. The van der Waals surface area contributed by atoms with Crippen molar-refractivity contribution < 1.29 is 19.1 Å². The van der Waals surface area contributed by atoms with E-state index in [-0.39, 0.29) is 5.70 Å². The maximum atomic E-state index is 12.2. The molecule has 3 amide bonds. The van der Waals surface area contributed by atoms with Crippen LogP contribution < -0.4 is 5.32 Å². The molecule has 1 fully saturated rings. The predicted octanol–water partition coefficient (Wildman–Crippen LogP) is 2.90. The molecule has 0 saturated carbocycles. The van der Waals surface area contributed by atoms with Crippen molar-refractivity contribution in [3.05, 3.63) is 65.9 Å². The second-order valence-electron chi connectivity index (χ2n) is 5.44. The van der Waals surface area contributed by atoms with E-state index in [1.54, 1.807) is 17.8 Å². The van der Waals surface area contributed by atoms with E-state index in [2.05, 4.69) is 10.1 Å². The Morgan fingerprint density at radius 3 is 2.38 bits per heavy atom. The molecule has 6 nitrogen and oxygen atoms in total. The molecule has 1 heterocycles. The van der Waals surface area contributed by atoms with Crippen molar-refractivity contribution in [2.45, 2.75) is 9.79 Å². The average molecular weight is 368 g/mol. The van der Waals surface area contributed by atoms with Gasteiger partial charge in [-0.25, -0.2) is 9.69 Å². The van der Waals surface area contributed by atoms with Gasteiger partial charge >= 0.3 is 12.0 Å². The number of imide groups is 1. The van der Waals surface area contributed by atoms with Crippen LogP contribution in [-0.2, 0) is 14.3 Å². The summed E-state index contributed by atoms with van der Waals surface area (Å²) in [7, 11) is 1.20. The van der Waals surface area contributed by atoms with E-state index in [0.29, 0.717) is 0 Å². The molecule has 0 atom stereocenters. The van der Waals surface area contributed by atoms with Crippen molar-refractivity contribution >= 4 is 35.7 Å². The third kappa shape index (κ3) is 4.12. The first kappa shape index (κ1) is 17.8. The third-order valence-corrected chi connectivity index (χ3v) is 4.66. The number of carbonyl (C=O) groups is 3. The number of rotatable bonds is 5. The van der Waals surface area contributed by atoms with Crippen LogP contribution in [0, 0.1) is 0 Å². The first-order chi connectivity index (χ1) is 12.6. The number of carbonyl (C=O) groups excluding carboxylic acids is 3. The zero-order valence-corrected chi connectivity index (χ0v) is 14.8. The van der Waals surface area contributed by atoms with E-state index in [0.717, 1.165) is 20.3 Å². The van der Waals surface area contributed by atoms with Crippen molar-refractivity contribution in [1.82, 2.24) is 10.2 Å². The molecule has 0 radical (unpaired) electrons. The summed E-state index contributed by atoms with van der Waals surface area (Å²) in [6.07, 6.45) is 1.58. The van der Waals surface area contributed by atoms with Gasteiger partial charge in [0.2, 0.25) is 0 Å². The summed E-state index contributed by atoms with van der Waals surface area (Å²) >= 11 is 1.63. The van der Waals surface area contributed by atoms with Gasteiger partial charge in [-0.3, -0.25) is 9.59 Å². The summed E-state index contributed by atoms with van der Waals surface area (Å²) in [5.74, 6) is -1.21. The van der Waals surface area contributed by atoms with Gasteiger partial charge in [-0.1, -0.05) is 42.1 Å². The van der Waals surface area contributed by atoms with Crippen LogP contribution in [0.25, 0.3) is 6.08 Å². The zero-order chi connectivity index (χ0) is 18.5. The van der Waals surface area contributed by atoms with Crippen LogP contribution >= 0.6 is 11.8 Å². The van der Waals surface area contributed by atoms with E-state index in [1.165, 1.54) is 7.11 Å². The van der Waals surface area contributed by atoms with Crippen LogP contribution in [-0.4, -0.2) is 36.5 Å². The number of amides is 3. The fraction of sp³-hybridized carbons (Fsp3) is 0.105. The molecule has 26 heavy (non-hydrogen) atoms. The Labute approximate surface area is 154 Å². The molecule has 0 unspecified atom stereocenters. The van der Waals surface area contributed by atoms with Crippen molar-refractivity contribution in [3.8, 4) is 0 Å². The van der Waals surface area contributed by atoms with E-state index in [9.17, 15) is 14.4 Å². The maximum absolute atomic E-state index is 12.2. The Morgan fingerprint density at radius 1 is 1.08 bits per heavy atom. The molecular weight excluding hydrogens is 352 g/mol. The smallest absolute Gasteiger partial charge is 0.329 e. The van der Waals surface area contributed by atoms with Crippen LogP contribution in [0.4, 0.5) is 4.79 Å². The monoisotopic (exact) mass is 368 g/mol. The molecule has 0 aromatic heterocycles. The van der Waals surface area contributed by atoms with Gasteiger partial charge in [0.05, 0.1) is 7.11 Å². The lowest BCUT2D eigenvalue weighted by Gasteiger charge is -2.09. The van der Waals surface area contributed by atoms with Crippen molar-refractivity contribution in [2.75, 3.05) is 13.7 Å². The molecule has 7 heteroatoms. The molecule has 0 bridgehead atoms. The molecule has 2 aromatic rings. The number of nitrogens with one attached hydrogen (secondary N) is 1. The Balaban J connectivity index is 1.71. The van der Waals surface area contributed by atoms with Gasteiger partial charge in [0, 0.05) is 9.79 Å². The van der Waals surface area contributed by atoms with E-state index < -0.39 is 24.5 Å². The lowest BCUT2D eigenvalue weighted by Crippen LogP contribution is -2.36.